The Hall–Kier alpha value is -4.08. The third-order valence-electron chi connectivity index (χ3n) is 4.29. The number of carbonyl (C=O) groups is 3. The Morgan fingerprint density at radius 2 is 1.61 bits per heavy atom. The number of nitrogens with one attached hydrogen (secondary N) is 2. The molecule has 1 fully saturated rings. The molecule has 2 aromatic carbocycles. The summed E-state index contributed by atoms with van der Waals surface area (Å²) in [6, 6.07) is 18.9. The summed E-state index contributed by atoms with van der Waals surface area (Å²) in [6.07, 6.45) is -0.0684. The first-order valence-electron chi connectivity index (χ1n) is 9.20. The number of hydrogen-bond acceptors (Lipinski definition) is 7. The van der Waals surface area contributed by atoms with Gasteiger partial charge in [-0.1, -0.05) is 30.0 Å². The van der Waals surface area contributed by atoms with Crippen LogP contribution in [0.15, 0.2) is 65.2 Å². The van der Waals surface area contributed by atoms with Crippen LogP contribution in [0.4, 0.5) is 17.1 Å². The normalized spacial score (nSPS) is 15.1. The zero-order valence-electron chi connectivity index (χ0n) is 16.5. The van der Waals surface area contributed by atoms with Gasteiger partial charge in [-0.05, 0) is 36.4 Å². The van der Waals surface area contributed by atoms with Gasteiger partial charge in [0.05, 0.1) is 10.9 Å². The van der Waals surface area contributed by atoms with Gasteiger partial charge >= 0.3 is 0 Å². The average Bonchev–Trinajstić information content (AvgIpc) is 3.03. The summed E-state index contributed by atoms with van der Waals surface area (Å²) >= 11 is 0.981. The molecular formula is C22H17N5O3S. The van der Waals surface area contributed by atoms with Crippen molar-refractivity contribution in [2.24, 2.45) is 0 Å². The lowest BCUT2D eigenvalue weighted by Gasteiger charge is -2.17. The molecular weight excluding hydrogens is 414 g/mol. The highest BCUT2D eigenvalue weighted by Gasteiger charge is 2.41. The molecule has 1 saturated heterocycles. The SMILES string of the molecule is CC(=O)Nc1ccc(N2C(=O)CC(SC(Nc3ccccc3)=C(C#N)C#N)C2=O)cc1. The molecule has 3 amide bonds. The third kappa shape index (κ3) is 5.10. The first-order chi connectivity index (χ1) is 14.9. The molecule has 0 aliphatic carbocycles. The van der Waals surface area contributed by atoms with Gasteiger partial charge < -0.3 is 10.6 Å². The summed E-state index contributed by atoms with van der Waals surface area (Å²) < 4.78 is 0. The number of thioether (sulfide) groups is 1. The molecule has 2 aromatic rings. The number of allylic oxidation sites excluding steroid dienone is 1. The van der Waals surface area contributed by atoms with Gasteiger partial charge in [0, 0.05) is 24.7 Å². The van der Waals surface area contributed by atoms with Gasteiger partial charge in [-0.2, -0.15) is 10.5 Å². The summed E-state index contributed by atoms with van der Waals surface area (Å²) in [5.74, 6) is -1.05. The second-order valence-corrected chi connectivity index (χ2v) is 7.74. The number of para-hydroxylation sites is 1. The summed E-state index contributed by atoms with van der Waals surface area (Å²) in [6.45, 7) is 1.38. The highest BCUT2D eigenvalue weighted by molar-refractivity contribution is 8.04. The van der Waals surface area contributed by atoms with E-state index in [9.17, 15) is 24.9 Å². The van der Waals surface area contributed by atoms with Crippen molar-refractivity contribution in [3.8, 4) is 12.1 Å². The molecule has 9 heteroatoms. The Kier molecular flexibility index (Phi) is 6.71. The largest absolute Gasteiger partial charge is 0.349 e. The van der Waals surface area contributed by atoms with Crippen LogP contribution in [0.3, 0.4) is 0 Å². The molecule has 1 aliphatic heterocycles. The lowest BCUT2D eigenvalue weighted by Crippen LogP contribution is -2.31. The van der Waals surface area contributed by atoms with Crippen LogP contribution in [0.25, 0.3) is 0 Å². The van der Waals surface area contributed by atoms with Crippen molar-refractivity contribution in [3.05, 3.63) is 65.2 Å². The molecule has 0 bridgehead atoms. The van der Waals surface area contributed by atoms with Crippen LogP contribution in [0, 0.1) is 22.7 Å². The Labute approximate surface area is 183 Å². The Morgan fingerprint density at radius 3 is 2.19 bits per heavy atom. The van der Waals surface area contributed by atoms with Crippen molar-refractivity contribution in [1.82, 2.24) is 0 Å². The minimum Gasteiger partial charge on any atom is -0.349 e. The molecule has 8 nitrogen and oxygen atoms in total. The summed E-state index contributed by atoms with van der Waals surface area (Å²) in [7, 11) is 0. The molecule has 0 aromatic heterocycles. The van der Waals surface area contributed by atoms with Crippen LogP contribution in [0.1, 0.15) is 13.3 Å². The number of hydrogen-bond donors (Lipinski definition) is 2. The van der Waals surface area contributed by atoms with Gasteiger partial charge in [-0.3, -0.25) is 14.4 Å². The van der Waals surface area contributed by atoms with E-state index in [1.165, 1.54) is 6.92 Å². The molecule has 1 atom stereocenters. The maximum absolute atomic E-state index is 13.0. The van der Waals surface area contributed by atoms with Crippen molar-refractivity contribution in [1.29, 1.82) is 10.5 Å². The fourth-order valence-electron chi connectivity index (χ4n) is 2.94. The number of benzene rings is 2. The van der Waals surface area contributed by atoms with Crippen LogP contribution in [0.5, 0.6) is 0 Å². The van der Waals surface area contributed by atoms with Crippen molar-refractivity contribution < 1.29 is 14.4 Å². The third-order valence-corrected chi connectivity index (χ3v) is 5.49. The predicted molar refractivity (Wildman–Crippen MR) is 118 cm³/mol. The topological polar surface area (TPSA) is 126 Å². The predicted octanol–water partition coefficient (Wildman–Crippen LogP) is 3.38. The van der Waals surface area contributed by atoms with E-state index in [0.717, 1.165) is 16.7 Å². The lowest BCUT2D eigenvalue weighted by atomic mass is 10.2. The van der Waals surface area contributed by atoms with E-state index < -0.39 is 11.2 Å². The zero-order valence-corrected chi connectivity index (χ0v) is 17.3. The number of amides is 3. The molecule has 154 valence electrons. The fraction of sp³-hybridized carbons (Fsp3) is 0.136. The Morgan fingerprint density at radius 1 is 1.00 bits per heavy atom. The van der Waals surface area contributed by atoms with Crippen LogP contribution >= 0.6 is 11.8 Å². The van der Waals surface area contributed by atoms with E-state index in [1.54, 1.807) is 48.5 Å². The smallest absolute Gasteiger partial charge is 0.247 e. The van der Waals surface area contributed by atoms with E-state index in [1.807, 2.05) is 18.2 Å². The molecule has 1 unspecified atom stereocenters. The summed E-state index contributed by atoms with van der Waals surface area (Å²) in [5.41, 5.74) is 1.41. The Balaban J connectivity index is 1.81. The number of imide groups is 1. The molecule has 0 spiro atoms. The van der Waals surface area contributed by atoms with E-state index >= 15 is 0 Å². The zero-order chi connectivity index (χ0) is 22.4. The molecule has 1 heterocycles. The van der Waals surface area contributed by atoms with Gasteiger partial charge in [-0.15, -0.1) is 0 Å². The first kappa shape index (κ1) is 21.6. The second kappa shape index (κ2) is 9.61. The van der Waals surface area contributed by atoms with Gasteiger partial charge in [0.1, 0.15) is 17.2 Å². The lowest BCUT2D eigenvalue weighted by molar-refractivity contribution is -0.121. The van der Waals surface area contributed by atoms with Gasteiger partial charge in [0.25, 0.3) is 0 Å². The number of carbonyl (C=O) groups excluding carboxylic acids is 3. The van der Waals surface area contributed by atoms with Gasteiger partial charge in [0.15, 0.2) is 5.57 Å². The van der Waals surface area contributed by atoms with Gasteiger partial charge in [-0.25, -0.2) is 4.90 Å². The maximum Gasteiger partial charge on any atom is 0.247 e. The fourth-order valence-corrected chi connectivity index (χ4v) is 4.04. The minimum absolute atomic E-state index is 0.0684. The molecule has 31 heavy (non-hydrogen) atoms. The monoisotopic (exact) mass is 431 g/mol. The van der Waals surface area contributed by atoms with E-state index in [4.69, 9.17) is 0 Å². The standard InChI is InChI=1S/C22H17N5O3S/c1-14(28)25-17-7-9-18(10-8-17)27-20(29)11-19(22(27)30)31-21(15(12-23)13-24)26-16-5-3-2-4-6-16/h2-10,19,26H,11H2,1H3,(H,25,28). The second-order valence-electron chi connectivity index (χ2n) is 6.52. The molecule has 0 saturated carbocycles. The first-order valence-corrected chi connectivity index (χ1v) is 10.1. The summed E-state index contributed by atoms with van der Waals surface area (Å²) in [5, 5.41) is 23.7. The highest BCUT2D eigenvalue weighted by atomic mass is 32.2. The van der Waals surface area contributed by atoms with Gasteiger partial charge in [0.2, 0.25) is 17.7 Å². The van der Waals surface area contributed by atoms with E-state index in [2.05, 4.69) is 10.6 Å². The number of nitriles is 2. The van der Waals surface area contributed by atoms with E-state index in [-0.39, 0.29) is 28.8 Å². The highest BCUT2D eigenvalue weighted by Crippen LogP contribution is 2.35. The van der Waals surface area contributed by atoms with Crippen molar-refractivity contribution in [2.45, 2.75) is 18.6 Å². The average molecular weight is 431 g/mol. The number of anilines is 3. The number of nitrogens with zero attached hydrogens (tertiary/aromatic N) is 3. The molecule has 0 radical (unpaired) electrons. The number of rotatable bonds is 6. The molecule has 1 aliphatic rings. The van der Waals surface area contributed by atoms with Crippen LogP contribution in [-0.2, 0) is 14.4 Å². The van der Waals surface area contributed by atoms with Crippen molar-refractivity contribution >= 4 is 46.5 Å². The quantitative estimate of drug-likeness (QED) is 0.530. The van der Waals surface area contributed by atoms with Crippen molar-refractivity contribution in [3.63, 3.8) is 0 Å². The Bertz CT molecular complexity index is 1110. The minimum atomic E-state index is -0.787. The van der Waals surface area contributed by atoms with Crippen LogP contribution in [0.2, 0.25) is 0 Å². The molecule has 3 rings (SSSR count). The van der Waals surface area contributed by atoms with Crippen LogP contribution in [-0.4, -0.2) is 23.0 Å². The van der Waals surface area contributed by atoms with E-state index in [0.29, 0.717) is 17.1 Å². The summed E-state index contributed by atoms with van der Waals surface area (Å²) in [4.78, 5) is 37.8. The van der Waals surface area contributed by atoms with Crippen LogP contribution < -0.4 is 15.5 Å². The maximum atomic E-state index is 13.0. The van der Waals surface area contributed by atoms with Crippen molar-refractivity contribution in [2.75, 3.05) is 15.5 Å². The molecule has 2 N–H and O–H groups in total.